The summed E-state index contributed by atoms with van der Waals surface area (Å²) in [6, 6.07) is 17.8. The second-order valence-corrected chi connectivity index (χ2v) is 5.60. The van der Waals surface area contributed by atoms with Crippen LogP contribution in [0.15, 0.2) is 60.2 Å². The van der Waals surface area contributed by atoms with Crippen LogP contribution in [0.2, 0.25) is 0 Å². The molecule has 0 aliphatic carbocycles. The fourth-order valence-electron chi connectivity index (χ4n) is 2.23. The van der Waals surface area contributed by atoms with Crippen molar-refractivity contribution in [2.75, 3.05) is 6.61 Å². The second-order valence-electron chi connectivity index (χ2n) is 5.60. The van der Waals surface area contributed by atoms with E-state index in [0.29, 0.717) is 11.3 Å². The van der Waals surface area contributed by atoms with E-state index in [0.717, 1.165) is 5.56 Å². The largest absolute Gasteiger partial charge is 0.484 e. The van der Waals surface area contributed by atoms with E-state index >= 15 is 0 Å². The Kier molecular flexibility index (Phi) is 6.52. The Hall–Kier alpha value is -3.59. The third-order valence-electron chi connectivity index (χ3n) is 3.58. The molecule has 2 aromatic carbocycles. The molecule has 0 aliphatic rings. The van der Waals surface area contributed by atoms with Gasteiger partial charge in [0.05, 0.1) is 6.04 Å². The van der Waals surface area contributed by atoms with E-state index in [-0.39, 0.29) is 18.2 Å². The number of ether oxygens (including phenoxy) is 1. The lowest BCUT2D eigenvalue weighted by atomic mass is 10.1. The van der Waals surface area contributed by atoms with Crippen molar-refractivity contribution in [3.8, 4) is 11.8 Å². The number of hydrogen-bond acceptors (Lipinski definition) is 4. The van der Waals surface area contributed by atoms with Crippen molar-refractivity contribution in [3.05, 3.63) is 71.3 Å². The number of hydrogen-bond donors (Lipinski definition) is 2. The first kappa shape index (κ1) is 18.7. The first-order chi connectivity index (χ1) is 12.5. The summed E-state index contributed by atoms with van der Waals surface area (Å²) < 4.78 is 5.16. The molecule has 1 atom stereocenters. The Morgan fingerprint density at radius 2 is 1.85 bits per heavy atom. The Morgan fingerprint density at radius 1 is 1.19 bits per heavy atom. The van der Waals surface area contributed by atoms with E-state index in [1.165, 1.54) is 6.08 Å². The number of carbonyl (C=O) groups is 2. The standard InChI is InChI=1S/C20H19N3O3/c1-14(16-5-3-2-4-6-16)23-20(25)17(12-21)11-15-7-9-18(10-8-15)26-13-19(22)24/h2-11,14H,13H2,1H3,(H2,22,24)(H,23,25)/b17-11+/t14-/m1/s1. The fourth-order valence-corrected chi connectivity index (χ4v) is 2.23. The highest BCUT2D eigenvalue weighted by Crippen LogP contribution is 2.16. The predicted octanol–water partition coefficient (Wildman–Crippen LogP) is 2.34. The first-order valence-corrected chi connectivity index (χ1v) is 7.98. The lowest BCUT2D eigenvalue weighted by Gasteiger charge is -2.13. The molecule has 132 valence electrons. The first-order valence-electron chi connectivity index (χ1n) is 7.98. The van der Waals surface area contributed by atoms with Crippen molar-refractivity contribution in [2.45, 2.75) is 13.0 Å². The normalized spacial score (nSPS) is 11.9. The van der Waals surface area contributed by atoms with Crippen molar-refractivity contribution in [1.29, 1.82) is 5.26 Å². The summed E-state index contributed by atoms with van der Waals surface area (Å²) in [6.45, 7) is 1.64. The van der Waals surface area contributed by atoms with Gasteiger partial charge in [-0.05, 0) is 36.3 Å². The third-order valence-corrected chi connectivity index (χ3v) is 3.58. The van der Waals surface area contributed by atoms with Crippen LogP contribution in [0, 0.1) is 11.3 Å². The van der Waals surface area contributed by atoms with Gasteiger partial charge in [-0.2, -0.15) is 5.26 Å². The van der Waals surface area contributed by atoms with Gasteiger partial charge in [-0.15, -0.1) is 0 Å². The maximum absolute atomic E-state index is 12.3. The van der Waals surface area contributed by atoms with E-state index in [4.69, 9.17) is 10.5 Å². The number of rotatable bonds is 7. The minimum Gasteiger partial charge on any atom is -0.484 e. The second kappa shape index (κ2) is 9.04. The number of nitrogens with one attached hydrogen (secondary N) is 1. The molecule has 0 spiro atoms. The Morgan fingerprint density at radius 3 is 2.42 bits per heavy atom. The van der Waals surface area contributed by atoms with Gasteiger partial charge in [-0.3, -0.25) is 9.59 Å². The molecule has 0 bridgehead atoms. The van der Waals surface area contributed by atoms with Gasteiger partial charge in [0.25, 0.3) is 11.8 Å². The number of benzene rings is 2. The van der Waals surface area contributed by atoms with Crippen LogP contribution in [0.3, 0.4) is 0 Å². The predicted molar refractivity (Wildman–Crippen MR) is 97.7 cm³/mol. The average Bonchev–Trinajstić information content (AvgIpc) is 2.65. The van der Waals surface area contributed by atoms with Gasteiger partial charge in [-0.25, -0.2) is 0 Å². The minimum absolute atomic E-state index is 0.00131. The molecule has 0 unspecified atom stereocenters. The van der Waals surface area contributed by atoms with Crippen molar-refractivity contribution in [1.82, 2.24) is 5.32 Å². The van der Waals surface area contributed by atoms with Crippen LogP contribution >= 0.6 is 0 Å². The summed E-state index contributed by atoms with van der Waals surface area (Å²) >= 11 is 0. The van der Waals surface area contributed by atoms with Gasteiger partial charge >= 0.3 is 0 Å². The van der Waals surface area contributed by atoms with E-state index < -0.39 is 11.8 Å². The van der Waals surface area contributed by atoms with Gasteiger partial charge in [-0.1, -0.05) is 42.5 Å². The average molecular weight is 349 g/mol. The molecule has 6 nitrogen and oxygen atoms in total. The Bertz CT molecular complexity index is 837. The SMILES string of the molecule is C[C@@H](NC(=O)/C(C#N)=C/c1ccc(OCC(N)=O)cc1)c1ccccc1. The summed E-state index contributed by atoms with van der Waals surface area (Å²) in [6.07, 6.45) is 1.49. The van der Waals surface area contributed by atoms with Crippen LogP contribution in [-0.4, -0.2) is 18.4 Å². The molecule has 26 heavy (non-hydrogen) atoms. The number of carbonyl (C=O) groups excluding carboxylic acids is 2. The molecule has 2 aromatic rings. The summed E-state index contributed by atoms with van der Waals surface area (Å²) in [4.78, 5) is 23.0. The van der Waals surface area contributed by atoms with Gasteiger partial charge in [0.1, 0.15) is 17.4 Å². The zero-order valence-electron chi connectivity index (χ0n) is 14.3. The van der Waals surface area contributed by atoms with Crippen LogP contribution in [0.4, 0.5) is 0 Å². The summed E-state index contributed by atoms with van der Waals surface area (Å²) in [7, 11) is 0. The number of amides is 2. The van der Waals surface area contributed by atoms with E-state index in [1.807, 2.05) is 43.3 Å². The zero-order chi connectivity index (χ0) is 18.9. The highest BCUT2D eigenvalue weighted by Gasteiger charge is 2.13. The third kappa shape index (κ3) is 5.49. The maximum atomic E-state index is 12.3. The minimum atomic E-state index is -0.565. The highest BCUT2D eigenvalue weighted by atomic mass is 16.5. The topological polar surface area (TPSA) is 105 Å². The lowest BCUT2D eigenvalue weighted by molar-refractivity contribution is -0.120. The van der Waals surface area contributed by atoms with E-state index in [1.54, 1.807) is 24.3 Å². The number of nitrogens with zero attached hydrogens (tertiary/aromatic N) is 1. The Balaban J connectivity index is 2.05. The van der Waals surface area contributed by atoms with Crippen LogP contribution in [0.25, 0.3) is 6.08 Å². The number of nitriles is 1. The monoisotopic (exact) mass is 349 g/mol. The van der Waals surface area contributed by atoms with Crippen molar-refractivity contribution in [2.24, 2.45) is 5.73 Å². The molecule has 0 saturated heterocycles. The molecule has 0 radical (unpaired) electrons. The molecule has 0 aromatic heterocycles. The molecule has 0 saturated carbocycles. The lowest BCUT2D eigenvalue weighted by Crippen LogP contribution is -2.27. The summed E-state index contributed by atoms with van der Waals surface area (Å²) in [5.74, 6) is -0.538. The molecule has 2 amide bonds. The van der Waals surface area contributed by atoms with Gasteiger partial charge < -0.3 is 15.8 Å². The van der Waals surface area contributed by atoms with Crippen LogP contribution in [0.5, 0.6) is 5.75 Å². The van der Waals surface area contributed by atoms with Gasteiger partial charge in [0, 0.05) is 0 Å². The maximum Gasteiger partial charge on any atom is 0.262 e. The molecule has 3 N–H and O–H groups in total. The summed E-state index contributed by atoms with van der Waals surface area (Å²) in [5, 5.41) is 12.1. The van der Waals surface area contributed by atoms with Crippen molar-refractivity contribution < 1.29 is 14.3 Å². The molecular formula is C20H19N3O3. The molecule has 0 aliphatic heterocycles. The van der Waals surface area contributed by atoms with Crippen LogP contribution < -0.4 is 15.8 Å². The number of nitrogens with two attached hydrogens (primary N) is 1. The van der Waals surface area contributed by atoms with Crippen LogP contribution in [-0.2, 0) is 9.59 Å². The number of primary amides is 1. The fraction of sp³-hybridized carbons (Fsp3) is 0.150. The van der Waals surface area contributed by atoms with Crippen molar-refractivity contribution in [3.63, 3.8) is 0 Å². The zero-order valence-corrected chi connectivity index (χ0v) is 14.3. The quantitative estimate of drug-likeness (QED) is 0.591. The molecular weight excluding hydrogens is 330 g/mol. The molecule has 0 heterocycles. The molecule has 2 rings (SSSR count). The van der Waals surface area contributed by atoms with E-state index in [9.17, 15) is 14.9 Å². The van der Waals surface area contributed by atoms with E-state index in [2.05, 4.69) is 5.32 Å². The highest BCUT2D eigenvalue weighted by molar-refractivity contribution is 6.01. The molecule has 6 heteroatoms. The van der Waals surface area contributed by atoms with Crippen molar-refractivity contribution >= 4 is 17.9 Å². The Labute approximate surface area is 151 Å². The van der Waals surface area contributed by atoms with Gasteiger partial charge in [0.2, 0.25) is 0 Å². The van der Waals surface area contributed by atoms with Crippen LogP contribution in [0.1, 0.15) is 24.1 Å². The molecule has 0 fully saturated rings. The smallest absolute Gasteiger partial charge is 0.262 e. The summed E-state index contributed by atoms with van der Waals surface area (Å²) in [5.41, 5.74) is 6.63. The van der Waals surface area contributed by atoms with Gasteiger partial charge in [0.15, 0.2) is 6.61 Å².